The fourth-order valence-electron chi connectivity index (χ4n) is 1.78. The van der Waals surface area contributed by atoms with Crippen molar-refractivity contribution in [2.45, 2.75) is 45.4 Å². The number of aldehydes is 1. The van der Waals surface area contributed by atoms with Crippen LogP contribution in [0.5, 0.6) is 0 Å². The van der Waals surface area contributed by atoms with Gasteiger partial charge < -0.3 is 15.4 Å². The molecule has 0 radical (unpaired) electrons. The first-order valence-corrected chi connectivity index (χ1v) is 7.02. The number of anilines is 1. The maximum absolute atomic E-state index is 11.6. The van der Waals surface area contributed by atoms with E-state index in [1.165, 1.54) is 5.56 Å². The predicted molar refractivity (Wildman–Crippen MR) is 82.1 cm³/mol. The highest BCUT2D eigenvalue weighted by atomic mass is 16.2. The van der Waals surface area contributed by atoms with Crippen LogP contribution in [0, 0.1) is 0 Å². The highest BCUT2D eigenvalue weighted by Gasteiger charge is 2.13. The van der Waals surface area contributed by atoms with Crippen LogP contribution in [0.3, 0.4) is 0 Å². The molecule has 0 unspecified atom stereocenters. The lowest BCUT2D eigenvalue weighted by atomic mass is 9.87. The summed E-state index contributed by atoms with van der Waals surface area (Å²) < 4.78 is 0. The number of hydrogen-bond donors (Lipinski definition) is 2. The van der Waals surface area contributed by atoms with Crippen LogP contribution < -0.4 is 10.6 Å². The summed E-state index contributed by atoms with van der Waals surface area (Å²) in [6.45, 7) is 7.05. The molecule has 2 amide bonds. The van der Waals surface area contributed by atoms with Gasteiger partial charge in [-0.05, 0) is 36.0 Å². The zero-order valence-electron chi connectivity index (χ0n) is 12.5. The number of unbranched alkanes of at least 4 members (excludes halogenated alkanes) is 2. The van der Waals surface area contributed by atoms with E-state index in [9.17, 15) is 9.59 Å². The number of carbonyl (C=O) groups excluding carboxylic acids is 2. The lowest BCUT2D eigenvalue weighted by Gasteiger charge is -2.19. The summed E-state index contributed by atoms with van der Waals surface area (Å²) in [5, 5.41) is 5.56. The number of rotatable bonds is 6. The molecule has 0 atom stereocenters. The van der Waals surface area contributed by atoms with Gasteiger partial charge in [-0.15, -0.1) is 0 Å². The Balaban J connectivity index is 2.37. The number of amides is 2. The minimum absolute atomic E-state index is 0.110. The van der Waals surface area contributed by atoms with Crippen LogP contribution in [-0.2, 0) is 10.2 Å². The van der Waals surface area contributed by atoms with Crippen LogP contribution in [0.1, 0.15) is 45.6 Å². The normalized spacial score (nSPS) is 10.9. The molecule has 1 rings (SSSR count). The summed E-state index contributed by atoms with van der Waals surface area (Å²) in [5.41, 5.74) is 2.13. The number of nitrogens with one attached hydrogen (secondary N) is 2. The van der Waals surface area contributed by atoms with Crippen LogP contribution in [-0.4, -0.2) is 18.9 Å². The molecule has 0 aliphatic carbocycles. The zero-order chi connectivity index (χ0) is 15.0. The summed E-state index contributed by atoms with van der Waals surface area (Å²) in [4.78, 5) is 21.8. The molecule has 0 bridgehead atoms. The Hall–Kier alpha value is -1.84. The van der Waals surface area contributed by atoms with E-state index in [1.54, 1.807) is 0 Å². The van der Waals surface area contributed by atoms with Gasteiger partial charge in [-0.3, -0.25) is 0 Å². The van der Waals surface area contributed by atoms with E-state index in [2.05, 4.69) is 31.4 Å². The molecule has 2 N–H and O–H groups in total. The minimum Gasteiger partial charge on any atom is -0.338 e. The third-order valence-corrected chi connectivity index (χ3v) is 3.04. The van der Waals surface area contributed by atoms with Gasteiger partial charge in [-0.25, -0.2) is 4.79 Å². The van der Waals surface area contributed by atoms with Gasteiger partial charge in [0.15, 0.2) is 0 Å². The van der Waals surface area contributed by atoms with E-state index in [0.29, 0.717) is 13.0 Å². The molecule has 0 aliphatic rings. The van der Waals surface area contributed by atoms with Gasteiger partial charge in [0.1, 0.15) is 6.29 Å². The number of urea groups is 1. The molecular formula is C16H24N2O2. The summed E-state index contributed by atoms with van der Waals surface area (Å²) in [5.74, 6) is 0. The van der Waals surface area contributed by atoms with E-state index in [1.807, 2.05) is 24.3 Å². The lowest BCUT2D eigenvalue weighted by Crippen LogP contribution is -2.29. The summed E-state index contributed by atoms with van der Waals surface area (Å²) in [6, 6.07) is 7.66. The Morgan fingerprint density at radius 1 is 1.15 bits per heavy atom. The molecular weight excluding hydrogens is 252 g/mol. The standard InChI is InChI=1S/C16H24N2O2/c1-16(2,3)13-7-9-14(10-8-13)18-15(20)17-11-5-4-6-12-19/h7-10,12H,4-6,11H2,1-3H3,(H2,17,18,20). The van der Waals surface area contributed by atoms with Gasteiger partial charge in [0.25, 0.3) is 0 Å². The van der Waals surface area contributed by atoms with Gasteiger partial charge in [-0.1, -0.05) is 32.9 Å². The van der Waals surface area contributed by atoms with E-state index < -0.39 is 0 Å². The Morgan fingerprint density at radius 2 is 1.80 bits per heavy atom. The molecule has 0 heterocycles. The second-order valence-electron chi connectivity index (χ2n) is 5.87. The van der Waals surface area contributed by atoms with Crippen molar-refractivity contribution in [2.24, 2.45) is 0 Å². The molecule has 0 aromatic heterocycles. The molecule has 110 valence electrons. The van der Waals surface area contributed by atoms with Crippen molar-refractivity contribution in [1.82, 2.24) is 5.32 Å². The second-order valence-corrected chi connectivity index (χ2v) is 5.87. The van der Waals surface area contributed by atoms with Crippen molar-refractivity contribution in [3.05, 3.63) is 29.8 Å². The summed E-state index contributed by atoms with van der Waals surface area (Å²) in [6.07, 6.45) is 3.08. The number of benzene rings is 1. The Labute approximate surface area is 121 Å². The molecule has 0 saturated carbocycles. The lowest BCUT2D eigenvalue weighted by molar-refractivity contribution is -0.107. The maximum Gasteiger partial charge on any atom is 0.319 e. The SMILES string of the molecule is CC(C)(C)c1ccc(NC(=O)NCCCCC=O)cc1. The smallest absolute Gasteiger partial charge is 0.319 e. The van der Waals surface area contributed by atoms with Crippen molar-refractivity contribution < 1.29 is 9.59 Å². The van der Waals surface area contributed by atoms with Crippen molar-refractivity contribution >= 4 is 18.0 Å². The quantitative estimate of drug-likeness (QED) is 0.617. The fourth-order valence-corrected chi connectivity index (χ4v) is 1.78. The van der Waals surface area contributed by atoms with Gasteiger partial charge in [0.05, 0.1) is 0 Å². The second kappa shape index (κ2) is 7.68. The Bertz CT molecular complexity index is 433. The van der Waals surface area contributed by atoms with Crippen LogP contribution in [0.15, 0.2) is 24.3 Å². The Morgan fingerprint density at radius 3 is 2.35 bits per heavy atom. The van der Waals surface area contributed by atoms with Gasteiger partial charge in [0.2, 0.25) is 0 Å². The number of carbonyl (C=O) groups is 2. The first kappa shape index (κ1) is 16.2. The molecule has 0 saturated heterocycles. The van der Waals surface area contributed by atoms with Crippen molar-refractivity contribution in [2.75, 3.05) is 11.9 Å². The van der Waals surface area contributed by atoms with E-state index in [-0.39, 0.29) is 11.4 Å². The van der Waals surface area contributed by atoms with Crippen molar-refractivity contribution in [3.8, 4) is 0 Å². The highest BCUT2D eigenvalue weighted by Crippen LogP contribution is 2.23. The van der Waals surface area contributed by atoms with Crippen molar-refractivity contribution in [3.63, 3.8) is 0 Å². The van der Waals surface area contributed by atoms with E-state index in [4.69, 9.17) is 0 Å². The first-order chi connectivity index (χ1) is 9.43. The topological polar surface area (TPSA) is 58.2 Å². The molecule has 1 aromatic rings. The van der Waals surface area contributed by atoms with E-state index >= 15 is 0 Å². The predicted octanol–water partition coefficient (Wildman–Crippen LogP) is 3.47. The van der Waals surface area contributed by atoms with Crippen molar-refractivity contribution in [1.29, 1.82) is 0 Å². The third-order valence-electron chi connectivity index (χ3n) is 3.04. The zero-order valence-corrected chi connectivity index (χ0v) is 12.5. The van der Waals surface area contributed by atoms with E-state index in [0.717, 1.165) is 24.8 Å². The average molecular weight is 276 g/mol. The van der Waals surface area contributed by atoms with Crippen LogP contribution in [0.2, 0.25) is 0 Å². The average Bonchev–Trinajstić information content (AvgIpc) is 2.38. The van der Waals surface area contributed by atoms with Gasteiger partial charge in [-0.2, -0.15) is 0 Å². The van der Waals surface area contributed by atoms with Crippen LogP contribution >= 0.6 is 0 Å². The maximum atomic E-state index is 11.6. The molecule has 4 heteroatoms. The van der Waals surface area contributed by atoms with Gasteiger partial charge in [0, 0.05) is 18.7 Å². The highest BCUT2D eigenvalue weighted by molar-refractivity contribution is 5.89. The van der Waals surface area contributed by atoms with Gasteiger partial charge >= 0.3 is 6.03 Å². The molecule has 0 spiro atoms. The molecule has 0 fully saturated rings. The summed E-state index contributed by atoms with van der Waals surface area (Å²) >= 11 is 0. The fraction of sp³-hybridized carbons (Fsp3) is 0.500. The largest absolute Gasteiger partial charge is 0.338 e. The van der Waals surface area contributed by atoms with Crippen LogP contribution in [0.25, 0.3) is 0 Å². The minimum atomic E-state index is -0.209. The van der Waals surface area contributed by atoms with Crippen LogP contribution in [0.4, 0.5) is 10.5 Å². The molecule has 1 aromatic carbocycles. The molecule has 4 nitrogen and oxygen atoms in total. The number of hydrogen-bond acceptors (Lipinski definition) is 2. The summed E-state index contributed by atoms with van der Waals surface area (Å²) in [7, 11) is 0. The monoisotopic (exact) mass is 276 g/mol. The molecule has 0 aliphatic heterocycles. The third kappa shape index (κ3) is 5.87. The Kier molecular flexibility index (Phi) is 6.22. The molecule has 20 heavy (non-hydrogen) atoms. The first-order valence-electron chi connectivity index (χ1n) is 7.02.